The van der Waals surface area contributed by atoms with Gasteiger partial charge in [0.25, 0.3) is 0 Å². The Bertz CT molecular complexity index is 585. The Morgan fingerprint density at radius 1 is 1.17 bits per heavy atom. The van der Waals surface area contributed by atoms with E-state index in [1.165, 1.54) is 19.1 Å². The number of unbranched alkanes of at least 4 members (excludes halogenated alkanes) is 2. The summed E-state index contributed by atoms with van der Waals surface area (Å²) in [6.45, 7) is 6.53. The zero-order valence-corrected chi connectivity index (χ0v) is 14.8. The molecule has 0 bridgehead atoms. The first-order chi connectivity index (χ1) is 10.9. The van der Waals surface area contributed by atoms with E-state index in [1.54, 1.807) is 12.1 Å². The zero-order chi connectivity index (χ0) is 17.3. The predicted octanol–water partition coefficient (Wildman–Crippen LogP) is 2.06. The van der Waals surface area contributed by atoms with Crippen molar-refractivity contribution < 1.29 is 17.9 Å². The van der Waals surface area contributed by atoms with Crippen LogP contribution in [0.15, 0.2) is 29.2 Å². The van der Waals surface area contributed by atoms with Crippen molar-refractivity contribution in [3.63, 3.8) is 0 Å². The summed E-state index contributed by atoms with van der Waals surface area (Å²) in [6, 6.07) is 5.27. The van der Waals surface area contributed by atoms with Crippen LogP contribution in [-0.2, 0) is 14.8 Å². The topological polar surface area (TPSA) is 84.5 Å². The number of ether oxygens (including phenoxy) is 1. The Labute approximate surface area is 138 Å². The highest BCUT2D eigenvalue weighted by Crippen LogP contribution is 2.16. The Kier molecular flexibility index (Phi) is 8.05. The highest BCUT2D eigenvalue weighted by Gasteiger charge is 2.21. The summed E-state index contributed by atoms with van der Waals surface area (Å²) >= 11 is 0. The fraction of sp³-hybridized carbons (Fsp3) is 0.562. The largest absolute Gasteiger partial charge is 0.494 e. The first-order valence-electron chi connectivity index (χ1n) is 7.93. The summed E-state index contributed by atoms with van der Waals surface area (Å²) in [6.07, 6.45) is 2.99. The molecular weight excluding hydrogens is 316 g/mol. The van der Waals surface area contributed by atoms with E-state index < -0.39 is 16.1 Å². The van der Waals surface area contributed by atoms with Crippen LogP contribution in [0.25, 0.3) is 0 Å². The third kappa shape index (κ3) is 6.58. The minimum absolute atomic E-state index is 0.103. The molecule has 1 atom stereocenters. The van der Waals surface area contributed by atoms with Crippen LogP contribution in [-0.4, -0.2) is 33.5 Å². The van der Waals surface area contributed by atoms with E-state index >= 15 is 0 Å². The lowest BCUT2D eigenvalue weighted by Gasteiger charge is -2.14. The van der Waals surface area contributed by atoms with Crippen LogP contribution in [0.3, 0.4) is 0 Å². The van der Waals surface area contributed by atoms with Crippen molar-refractivity contribution in [2.45, 2.75) is 51.0 Å². The van der Waals surface area contributed by atoms with Crippen molar-refractivity contribution in [1.82, 2.24) is 10.0 Å². The van der Waals surface area contributed by atoms with E-state index in [-0.39, 0.29) is 10.8 Å². The summed E-state index contributed by atoms with van der Waals surface area (Å²) in [5, 5.41) is 2.73. The lowest BCUT2D eigenvalue weighted by atomic mass is 10.2. The Morgan fingerprint density at radius 2 is 1.83 bits per heavy atom. The second-order valence-corrected chi connectivity index (χ2v) is 6.96. The van der Waals surface area contributed by atoms with Gasteiger partial charge >= 0.3 is 0 Å². The monoisotopic (exact) mass is 342 g/mol. The van der Waals surface area contributed by atoms with Gasteiger partial charge in [-0.2, -0.15) is 4.72 Å². The number of sulfonamides is 1. The van der Waals surface area contributed by atoms with Gasteiger partial charge in [-0.05, 0) is 44.5 Å². The Hall–Kier alpha value is -1.60. The second kappa shape index (κ2) is 9.52. The Balaban J connectivity index is 2.60. The fourth-order valence-corrected chi connectivity index (χ4v) is 3.18. The average molecular weight is 342 g/mol. The van der Waals surface area contributed by atoms with Gasteiger partial charge in [-0.25, -0.2) is 8.42 Å². The summed E-state index contributed by atoms with van der Waals surface area (Å²) in [7, 11) is -3.74. The number of hydrogen-bond acceptors (Lipinski definition) is 4. The zero-order valence-electron chi connectivity index (χ0n) is 14.0. The van der Waals surface area contributed by atoms with Gasteiger partial charge in [0.15, 0.2) is 0 Å². The standard InChI is InChI=1S/C16H26N2O4S/c1-4-6-7-12-17-16(19)13(3)18-23(20,21)15-10-8-14(9-11-15)22-5-2/h8-11,13,18H,4-7,12H2,1-3H3,(H,17,19)/t13-/m0/s1. The van der Waals surface area contributed by atoms with Crippen LogP contribution in [0.4, 0.5) is 0 Å². The van der Waals surface area contributed by atoms with Gasteiger partial charge in [-0.3, -0.25) is 4.79 Å². The molecule has 0 heterocycles. The predicted molar refractivity (Wildman–Crippen MR) is 89.9 cm³/mol. The molecular formula is C16H26N2O4S. The van der Waals surface area contributed by atoms with Gasteiger partial charge in [-0.1, -0.05) is 19.8 Å². The molecule has 0 radical (unpaired) electrons. The first kappa shape index (κ1) is 19.4. The molecule has 1 amide bonds. The molecule has 0 aliphatic rings. The molecule has 130 valence electrons. The number of rotatable bonds is 10. The van der Waals surface area contributed by atoms with Crippen LogP contribution in [0, 0.1) is 0 Å². The third-order valence-electron chi connectivity index (χ3n) is 3.25. The number of carbonyl (C=O) groups is 1. The highest BCUT2D eigenvalue weighted by atomic mass is 32.2. The molecule has 0 saturated carbocycles. The number of carbonyl (C=O) groups excluding carboxylic acids is 1. The minimum atomic E-state index is -3.74. The van der Waals surface area contributed by atoms with E-state index in [0.717, 1.165) is 19.3 Å². The molecule has 0 aliphatic carbocycles. The summed E-state index contributed by atoms with van der Waals surface area (Å²) in [4.78, 5) is 12.0. The number of hydrogen-bond donors (Lipinski definition) is 2. The molecule has 0 aromatic heterocycles. The van der Waals surface area contributed by atoms with Gasteiger partial charge in [-0.15, -0.1) is 0 Å². The molecule has 0 saturated heterocycles. The van der Waals surface area contributed by atoms with Gasteiger partial charge < -0.3 is 10.1 Å². The molecule has 1 rings (SSSR count). The Morgan fingerprint density at radius 3 is 2.39 bits per heavy atom. The smallest absolute Gasteiger partial charge is 0.241 e. The molecule has 1 aromatic carbocycles. The normalized spacial score (nSPS) is 12.7. The molecule has 0 spiro atoms. The fourth-order valence-electron chi connectivity index (χ4n) is 1.98. The van der Waals surface area contributed by atoms with Crippen LogP contribution in [0.1, 0.15) is 40.0 Å². The van der Waals surface area contributed by atoms with Crippen LogP contribution in [0.2, 0.25) is 0 Å². The third-order valence-corrected chi connectivity index (χ3v) is 4.81. The number of nitrogens with one attached hydrogen (secondary N) is 2. The SMILES string of the molecule is CCCCCNC(=O)[C@H](C)NS(=O)(=O)c1ccc(OCC)cc1. The number of benzene rings is 1. The van der Waals surface area contributed by atoms with E-state index in [9.17, 15) is 13.2 Å². The lowest BCUT2D eigenvalue weighted by Crippen LogP contribution is -2.44. The van der Waals surface area contributed by atoms with Crippen molar-refractivity contribution >= 4 is 15.9 Å². The lowest BCUT2D eigenvalue weighted by molar-refractivity contribution is -0.122. The van der Waals surface area contributed by atoms with E-state index in [4.69, 9.17) is 4.74 Å². The van der Waals surface area contributed by atoms with Crippen molar-refractivity contribution in [1.29, 1.82) is 0 Å². The van der Waals surface area contributed by atoms with E-state index in [2.05, 4.69) is 17.0 Å². The molecule has 1 aromatic rings. The van der Waals surface area contributed by atoms with Crippen molar-refractivity contribution in [2.24, 2.45) is 0 Å². The summed E-state index contributed by atoms with van der Waals surface area (Å²) in [5.74, 6) is 0.281. The highest BCUT2D eigenvalue weighted by molar-refractivity contribution is 7.89. The molecule has 23 heavy (non-hydrogen) atoms. The van der Waals surface area contributed by atoms with Crippen molar-refractivity contribution in [2.75, 3.05) is 13.2 Å². The number of amides is 1. The summed E-state index contributed by atoms with van der Waals surface area (Å²) in [5.41, 5.74) is 0. The molecule has 2 N–H and O–H groups in total. The van der Waals surface area contributed by atoms with Crippen LogP contribution in [0.5, 0.6) is 5.75 Å². The van der Waals surface area contributed by atoms with Crippen LogP contribution < -0.4 is 14.8 Å². The van der Waals surface area contributed by atoms with Crippen molar-refractivity contribution in [3.8, 4) is 5.75 Å². The molecule has 7 heteroatoms. The maximum Gasteiger partial charge on any atom is 0.241 e. The molecule has 0 unspecified atom stereocenters. The van der Waals surface area contributed by atoms with Crippen molar-refractivity contribution in [3.05, 3.63) is 24.3 Å². The quantitative estimate of drug-likeness (QED) is 0.638. The van der Waals surface area contributed by atoms with E-state index in [1.807, 2.05) is 6.92 Å². The first-order valence-corrected chi connectivity index (χ1v) is 9.42. The molecule has 0 aliphatic heterocycles. The second-order valence-electron chi connectivity index (χ2n) is 5.25. The van der Waals surface area contributed by atoms with Gasteiger partial charge in [0.1, 0.15) is 5.75 Å². The molecule has 0 fully saturated rings. The van der Waals surface area contributed by atoms with Crippen LogP contribution >= 0.6 is 0 Å². The summed E-state index contributed by atoms with van der Waals surface area (Å²) < 4.78 is 32.2. The van der Waals surface area contributed by atoms with E-state index in [0.29, 0.717) is 18.9 Å². The maximum atomic E-state index is 12.3. The average Bonchev–Trinajstić information content (AvgIpc) is 2.52. The van der Waals surface area contributed by atoms with Gasteiger partial charge in [0.05, 0.1) is 17.5 Å². The van der Waals surface area contributed by atoms with Gasteiger partial charge in [0.2, 0.25) is 15.9 Å². The van der Waals surface area contributed by atoms with Gasteiger partial charge in [0, 0.05) is 6.54 Å². The minimum Gasteiger partial charge on any atom is -0.494 e. The maximum absolute atomic E-state index is 12.3. The molecule has 6 nitrogen and oxygen atoms in total.